The molecule has 0 atom stereocenters. The van der Waals surface area contributed by atoms with Crippen LogP contribution in [0.15, 0.2) is 55.5 Å². The lowest BCUT2D eigenvalue weighted by molar-refractivity contribution is 0.423. The highest BCUT2D eigenvalue weighted by Gasteiger charge is 2.10. The molecule has 3 aromatic heterocycles. The molecule has 3 rings (SSSR count). The van der Waals surface area contributed by atoms with E-state index in [1.165, 1.54) is 29.1 Å². The number of nitrogens with one attached hydrogen (secondary N) is 1. The fourth-order valence-corrected chi connectivity index (χ4v) is 1.91. The molecule has 100 valence electrons. The minimum Gasteiger partial charge on any atom is -0.372 e. The van der Waals surface area contributed by atoms with Crippen LogP contribution in [0.3, 0.4) is 0 Å². The van der Waals surface area contributed by atoms with E-state index in [4.69, 9.17) is 0 Å². The molecule has 0 saturated carbocycles. The molecule has 0 aromatic carbocycles. The molecule has 0 aliphatic heterocycles. The second kappa shape index (κ2) is 4.61. The van der Waals surface area contributed by atoms with Gasteiger partial charge in [-0.05, 0) is 17.7 Å². The second-order valence-electron chi connectivity index (χ2n) is 4.18. The highest BCUT2D eigenvalue weighted by Crippen LogP contribution is 2.06. The van der Waals surface area contributed by atoms with Crippen molar-refractivity contribution in [3.8, 4) is 0 Å². The molecule has 3 heterocycles. The van der Waals surface area contributed by atoms with Crippen LogP contribution in [-0.4, -0.2) is 14.5 Å². The Morgan fingerprint density at radius 3 is 2.80 bits per heavy atom. The van der Waals surface area contributed by atoms with E-state index in [1.807, 2.05) is 0 Å². The van der Waals surface area contributed by atoms with Gasteiger partial charge in [0.05, 0.1) is 6.54 Å². The van der Waals surface area contributed by atoms with E-state index in [9.17, 15) is 14.4 Å². The summed E-state index contributed by atoms with van der Waals surface area (Å²) in [6.45, 7) is 0.146. The van der Waals surface area contributed by atoms with Crippen LogP contribution in [0.4, 0.5) is 0 Å². The molecule has 0 spiro atoms. The van der Waals surface area contributed by atoms with Crippen LogP contribution in [0, 0.1) is 0 Å². The lowest BCUT2D eigenvalue weighted by Crippen LogP contribution is -2.26. The van der Waals surface area contributed by atoms with Crippen LogP contribution in [0.2, 0.25) is 0 Å². The maximum absolute atomic E-state index is 11.8. The number of hydrogen-bond donors (Lipinski definition) is 1. The van der Waals surface area contributed by atoms with E-state index in [2.05, 4.69) is 14.4 Å². The van der Waals surface area contributed by atoms with Crippen molar-refractivity contribution in [3.05, 3.63) is 73.5 Å². The first-order chi connectivity index (χ1) is 9.65. The molecular formula is C13H9N3O4. The van der Waals surface area contributed by atoms with Crippen molar-refractivity contribution in [1.82, 2.24) is 14.5 Å². The normalized spacial score (nSPS) is 10.8. The predicted molar refractivity (Wildman–Crippen MR) is 70.7 cm³/mol. The number of fused-ring (bicyclic) bond motifs is 1. The van der Waals surface area contributed by atoms with Gasteiger partial charge >= 0.3 is 11.4 Å². The van der Waals surface area contributed by atoms with E-state index in [1.54, 1.807) is 12.1 Å². The van der Waals surface area contributed by atoms with Crippen LogP contribution in [0.25, 0.3) is 11.0 Å². The largest absolute Gasteiger partial charge is 0.423 e. The number of pyridine rings is 2. The molecule has 0 fully saturated rings. The molecule has 0 unspecified atom stereocenters. The van der Waals surface area contributed by atoms with Gasteiger partial charge in [-0.3, -0.25) is 9.36 Å². The molecule has 3 aromatic rings. The van der Waals surface area contributed by atoms with Gasteiger partial charge in [0.15, 0.2) is 5.65 Å². The maximum Gasteiger partial charge on any atom is 0.423 e. The predicted octanol–water partition coefficient (Wildman–Crippen LogP) is 0.0863. The number of rotatable bonds is 2. The highest BCUT2D eigenvalue weighted by atomic mass is 16.4. The number of hydrogen-bond acceptors (Lipinski definition) is 5. The molecule has 7 heteroatoms. The highest BCUT2D eigenvalue weighted by molar-refractivity contribution is 5.72. The second-order valence-corrected chi connectivity index (χ2v) is 4.18. The van der Waals surface area contributed by atoms with Crippen LogP contribution < -0.4 is 16.9 Å². The van der Waals surface area contributed by atoms with Gasteiger partial charge in [-0.2, -0.15) is 0 Å². The molecule has 0 aliphatic carbocycles. The summed E-state index contributed by atoms with van der Waals surface area (Å²) in [5.74, 6) is -0.785. The van der Waals surface area contributed by atoms with Crippen molar-refractivity contribution in [2.45, 2.75) is 6.54 Å². The van der Waals surface area contributed by atoms with Crippen LogP contribution >= 0.6 is 0 Å². The minimum absolute atomic E-state index is 0.146. The summed E-state index contributed by atoms with van der Waals surface area (Å²) in [6, 6.07) is 6.07. The molecule has 0 aliphatic rings. The third-order valence-electron chi connectivity index (χ3n) is 2.85. The van der Waals surface area contributed by atoms with Gasteiger partial charge in [0.1, 0.15) is 5.39 Å². The first-order valence-corrected chi connectivity index (χ1v) is 5.81. The lowest BCUT2D eigenvalue weighted by Gasteiger charge is -2.06. The van der Waals surface area contributed by atoms with Crippen molar-refractivity contribution in [2.24, 2.45) is 0 Å². The zero-order chi connectivity index (χ0) is 14.1. The van der Waals surface area contributed by atoms with Gasteiger partial charge in [0, 0.05) is 18.5 Å². The Morgan fingerprint density at radius 1 is 1.20 bits per heavy atom. The Kier molecular flexibility index (Phi) is 2.79. The summed E-state index contributed by atoms with van der Waals surface area (Å²) in [7, 11) is 0. The number of H-pyrrole nitrogens is 1. The SMILES string of the molecule is O=c1ccc(Cn2c(=O)oc(=O)c3cccnc32)c[nH]1. The van der Waals surface area contributed by atoms with E-state index in [0.29, 0.717) is 5.56 Å². The van der Waals surface area contributed by atoms with Crippen molar-refractivity contribution in [1.29, 1.82) is 0 Å². The maximum atomic E-state index is 11.8. The third-order valence-corrected chi connectivity index (χ3v) is 2.85. The van der Waals surface area contributed by atoms with Gasteiger partial charge < -0.3 is 9.40 Å². The van der Waals surface area contributed by atoms with Gasteiger partial charge in [-0.15, -0.1) is 0 Å². The standard InChI is InChI=1S/C13H9N3O4/c17-10-4-3-8(6-15-10)7-16-11-9(2-1-5-14-11)12(18)20-13(16)19/h1-6H,7H2,(H,15,17). The first kappa shape index (κ1) is 12.1. The fourth-order valence-electron chi connectivity index (χ4n) is 1.91. The van der Waals surface area contributed by atoms with Crippen LogP contribution in [0.5, 0.6) is 0 Å². The molecule has 0 bridgehead atoms. The summed E-state index contributed by atoms with van der Waals surface area (Å²) in [4.78, 5) is 41.0. The van der Waals surface area contributed by atoms with Gasteiger partial charge in [0.25, 0.3) is 0 Å². The van der Waals surface area contributed by atoms with Gasteiger partial charge in [-0.25, -0.2) is 14.6 Å². The van der Waals surface area contributed by atoms with Gasteiger partial charge in [0.2, 0.25) is 5.56 Å². The molecule has 0 amide bonds. The monoisotopic (exact) mass is 271 g/mol. The summed E-state index contributed by atoms with van der Waals surface area (Å²) < 4.78 is 5.90. The van der Waals surface area contributed by atoms with E-state index in [0.717, 1.165) is 0 Å². The molecule has 0 radical (unpaired) electrons. The molecule has 0 saturated heterocycles. The summed E-state index contributed by atoms with van der Waals surface area (Å²) in [6.07, 6.45) is 2.99. The van der Waals surface area contributed by atoms with Crippen LogP contribution in [0.1, 0.15) is 5.56 Å². The quantitative estimate of drug-likeness (QED) is 0.712. The Morgan fingerprint density at radius 2 is 2.05 bits per heavy atom. The smallest absolute Gasteiger partial charge is 0.372 e. The average molecular weight is 271 g/mol. The molecule has 20 heavy (non-hydrogen) atoms. The van der Waals surface area contributed by atoms with E-state index < -0.39 is 11.4 Å². The Hall–Kier alpha value is -2.96. The lowest BCUT2D eigenvalue weighted by atomic mass is 10.2. The molecule has 7 nitrogen and oxygen atoms in total. The fraction of sp³-hybridized carbons (Fsp3) is 0.0769. The van der Waals surface area contributed by atoms with Crippen molar-refractivity contribution in [3.63, 3.8) is 0 Å². The van der Waals surface area contributed by atoms with Crippen LogP contribution in [-0.2, 0) is 6.54 Å². The topological polar surface area (TPSA) is 98.0 Å². The average Bonchev–Trinajstić information content (AvgIpc) is 2.45. The Bertz CT molecular complexity index is 931. The summed E-state index contributed by atoms with van der Waals surface area (Å²) in [5, 5.41) is 0.233. The summed E-state index contributed by atoms with van der Waals surface area (Å²) in [5.41, 5.74) is -0.00746. The summed E-state index contributed by atoms with van der Waals surface area (Å²) >= 11 is 0. The van der Waals surface area contributed by atoms with Crippen molar-refractivity contribution >= 4 is 11.0 Å². The zero-order valence-electron chi connectivity index (χ0n) is 10.2. The first-order valence-electron chi connectivity index (χ1n) is 5.81. The Balaban J connectivity index is 2.21. The van der Waals surface area contributed by atoms with Crippen molar-refractivity contribution < 1.29 is 4.42 Å². The van der Waals surface area contributed by atoms with Crippen molar-refractivity contribution in [2.75, 3.05) is 0 Å². The Labute approximate surface area is 111 Å². The number of aromatic nitrogens is 3. The van der Waals surface area contributed by atoms with Gasteiger partial charge in [-0.1, -0.05) is 6.07 Å². The number of nitrogens with zero attached hydrogens (tertiary/aromatic N) is 2. The number of aromatic amines is 1. The third kappa shape index (κ3) is 2.05. The zero-order valence-corrected chi connectivity index (χ0v) is 10.2. The van der Waals surface area contributed by atoms with E-state index >= 15 is 0 Å². The molecular weight excluding hydrogens is 262 g/mol. The molecule has 1 N–H and O–H groups in total. The minimum atomic E-state index is -0.785. The van der Waals surface area contributed by atoms with E-state index in [-0.39, 0.29) is 23.1 Å².